The fraction of sp³-hybridized carbons (Fsp3) is 0.308. The number of nitrogens with one attached hydrogen (secondary N) is 1. The Bertz CT molecular complexity index is 1130. The zero-order valence-corrected chi connectivity index (χ0v) is 18.2. The fourth-order valence-corrected chi connectivity index (χ4v) is 4.68. The van der Waals surface area contributed by atoms with E-state index in [9.17, 15) is 9.59 Å². The monoisotopic (exact) mass is 429 g/mol. The Morgan fingerprint density at radius 3 is 2.41 bits per heavy atom. The van der Waals surface area contributed by atoms with Gasteiger partial charge in [0.25, 0.3) is 11.8 Å². The first-order valence-corrected chi connectivity index (χ1v) is 11.2. The van der Waals surface area contributed by atoms with E-state index in [-0.39, 0.29) is 17.9 Å². The Kier molecular flexibility index (Phi) is 5.53. The van der Waals surface area contributed by atoms with Crippen molar-refractivity contribution >= 4 is 11.8 Å². The van der Waals surface area contributed by atoms with Gasteiger partial charge < -0.3 is 19.5 Å². The fourth-order valence-electron chi connectivity index (χ4n) is 4.68. The number of amides is 2. The molecule has 2 aromatic carbocycles. The molecule has 2 amide bonds. The molecule has 0 spiro atoms. The number of rotatable bonds is 5. The standard InChI is InChI=1S/C26H27N3O3/c1-2-22(18-8-4-3-5-9-18)27-25(30)21-14-23(29-12-13-32-17-24(21)29)26(31)28-15-19-10-6-7-11-20(19)16-28/h3-11,14,22H,2,12-13,15-17H2,1H3,(H,27,30). The quantitative estimate of drug-likeness (QED) is 0.665. The Morgan fingerprint density at radius 2 is 1.72 bits per heavy atom. The van der Waals surface area contributed by atoms with Crippen LogP contribution in [0, 0.1) is 0 Å². The van der Waals surface area contributed by atoms with Crippen LogP contribution in [0.5, 0.6) is 0 Å². The molecule has 164 valence electrons. The lowest BCUT2D eigenvalue weighted by atomic mass is 10.0. The van der Waals surface area contributed by atoms with Crippen LogP contribution in [-0.2, 0) is 31.0 Å². The summed E-state index contributed by atoms with van der Waals surface area (Å²) in [6.45, 7) is 4.68. The van der Waals surface area contributed by atoms with Crippen molar-refractivity contribution in [2.24, 2.45) is 0 Å². The van der Waals surface area contributed by atoms with E-state index in [0.717, 1.165) is 17.7 Å². The number of nitrogens with zero attached hydrogens (tertiary/aromatic N) is 2. The molecule has 0 radical (unpaired) electrons. The van der Waals surface area contributed by atoms with E-state index < -0.39 is 0 Å². The summed E-state index contributed by atoms with van der Waals surface area (Å²) in [6.07, 6.45) is 0.778. The molecule has 3 heterocycles. The van der Waals surface area contributed by atoms with Crippen LogP contribution in [0.4, 0.5) is 0 Å². The van der Waals surface area contributed by atoms with Crippen LogP contribution in [0.2, 0.25) is 0 Å². The number of carbonyl (C=O) groups excluding carboxylic acids is 2. The average Bonchev–Trinajstić information content (AvgIpc) is 3.45. The maximum Gasteiger partial charge on any atom is 0.271 e. The molecule has 2 aliphatic rings. The molecule has 32 heavy (non-hydrogen) atoms. The first-order chi connectivity index (χ1) is 15.7. The first kappa shape index (κ1) is 20.5. The number of carbonyl (C=O) groups is 2. The number of hydrogen-bond acceptors (Lipinski definition) is 3. The Morgan fingerprint density at radius 1 is 1.03 bits per heavy atom. The van der Waals surface area contributed by atoms with Crippen LogP contribution in [0.3, 0.4) is 0 Å². The SMILES string of the molecule is CCC(NC(=O)c1cc(C(=O)N2Cc3ccccc3C2)n2c1COCC2)c1ccccc1. The molecule has 5 rings (SSSR count). The molecule has 3 aromatic rings. The summed E-state index contributed by atoms with van der Waals surface area (Å²) >= 11 is 0. The second-order valence-electron chi connectivity index (χ2n) is 8.37. The van der Waals surface area contributed by atoms with Gasteiger partial charge in [0.05, 0.1) is 30.5 Å². The van der Waals surface area contributed by atoms with Crippen LogP contribution in [0.15, 0.2) is 60.7 Å². The molecule has 1 aromatic heterocycles. The second kappa shape index (κ2) is 8.63. The van der Waals surface area contributed by atoms with Gasteiger partial charge in [-0.3, -0.25) is 9.59 Å². The summed E-state index contributed by atoms with van der Waals surface area (Å²) in [5.74, 6) is -0.211. The Hall–Kier alpha value is -3.38. The van der Waals surface area contributed by atoms with Gasteiger partial charge in [-0.2, -0.15) is 0 Å². The van der Waals surface area contributed by atoms with Crippen molar-refractivity contribution in [3.63, 3.8) is 0 Å². The van der Waals surface area contributed by atoms with Crippen LogP contribution in [0.25, 0.3) is 0 Å². The van der Waals surface area contributed by atoms with Gasteiger partial charge in [-0.05, 0) is 29.2 Å². The van der Waals surface area contributed by atoms with E-state index in [4.69, 9.17) is 4.74 Å². The Labute approximate surface area is 187 Å². The summed E-state index contributed by atoms with van der Waals surface area (Å²) in [5.41, 5.74) is 5.30. The summed E-state index contributed by atoms with van der Waals surface area (Å²) in [4.78, 5) is 28.6. The van der Waals surface area contributed by atoms with Gasteiger partial charge in [0.1, 0.15) is 5.69 Å². The van der Waals surface area contributed by atoms with Gasteiger partial charge in [0.15, 0.2) is 0 Å². The van der Waals surface area contributed by atoms with E-state index in [0.29, 0.717) is 44.1 Å². The highest BCUT2D eigenvalue weighted by Gasteiger charge is 2.31. The molecule has 0 fully saturated rings. The molecular formula is C26H27N3O3. The molecule has 0 aliphatic carbocycles. The first-order valence-electron chi connectivity index (χ1n) is 11.2. The molecule has 0 bridgehead atoms. The third-order valence-corrected chi connectivity index (χ3v) is 6.41. The average molecular weight is 430 g/mol. The highest BCUT2D eigenvalue weighted by molar-refractivity contribution is 6.01. The molecule has 1 atom stereocenters. The third-order valence-electron chi connectivity index (χ3n) is 6.41. The summed E-state index contributed by atoms with van der Waals surface area (Å²) in [7, 11) is 0. The predicted octanol–water partition coefficient (Wildman–Crippen LogP) is 4.06. The van der Waals surface area contributed by atoms with Crippen molar-refractivity contribution in [1.82, 2.24) is 14.8 Å². The zero-order valence-electron chi connectivity index (χ0n) is 18.2. The summed E-state index contributed by atoms with van der Waals surface area (Å²) in [6, 6.07) is 19.8. The van der Waals surface area contributed by atoms with Crippen LogP contribution < -0.4 is 5.32 Å². The number of ether oxygens (including phenoxy) is 1. The van der Waals surface area contributed by atoms with Crippen LogP contribution >= 0.6 is 0 Å². The van der Waals surface area contributed by atoms with E-state index >= 15 is 0 Å². The molecule has 6 heteroatoms. The minimum atomic E-state index is -0.168. The molecule has 0 saturated carbocycles. The van der Waals surface area contributed by atoms with Gasteiger partial charge in [0.2, 0.25) is 0 Å². The van der Waals surface area contributed by atoms with E-state index in [2.05, 4.69) is 24.4 Å². The highest BCUT2D eigenvalue weighted by atomic mass is 16.5. The minimum Gasteiger partial charge on any atom is -0.373 e. The van der Waals surface area contributed by atoms with Gasteiger partial charge in [-0.25, -0.2) is 0 Å². The van der Waals surface area contributed by atoms with Crippen LogP contribution in [0.1, 0.15) is 62.6 Å². The lowest BCUT2D eigenvalue weighted by Gasteiger charge is -2.22. The molecule has 1 unspecified atom stereocenters. The molecule has 1 N–H and O–H groups in total. The van der Waals surface area contributed by atoms with E-state index in [1.54, 1.807) is 6.07 Å². The maximum atomic E-state index is 13.5. The van der Waals surface area contributed by atoms with Crippen molar-refractivity contribution in [2.75, 3.05) is 6.61 Å². The molecule has 6 nitrogen and oxygen atoms in total. The number of benzene rings is 2. The smallest absolute Gasteiger partial charge is 0.271 e. The second-order valence-corrected chi connectivity index (χ2v) is 8.37. The maximum absolute atomic E-state index is 13.5. The minimum absolute atomic E-state index is 0.0431. The Balaban J connectivity index is 1.42. The number of fused-ring (bicyclic) bond motifs is 2. The zero-order chi connectivity index (χ0) is 22.1. The number of hydrogen-bond donors (Lipinski definition) is 1. The topological polar surface area (TPSA) is 63.6 Å². The van der Waals surface area contributed by atoms with Gasteiger partial charge >= 0.3 is 0 Å². The van der Waals surface area contributed by atoms with E-state index in [1.807, 2.05) is 51.9 Å². The normalized spacial score (nSPS) is 15.7. The van der Waals surface area contributed by atoms with Gasteiger partial charge in [-0.1, -0.05) is 61.5 Å². The molecular weight excluding hydrogens is 402 g/mol. The largest absolute Gasteiger partial charge is 0.373 e. The lowest BCUT2D eigenvalue weighted by Crippen LogP contribution is -2.30. The van der Waals surface area contributed by atoms with Crippen LogP contribution in [-0.4, -0.2) is 27.9 Å². The third kappa shape index (κ3) is 3.71. The van der Waals surface area contributed by atoms with Gasteiger partial charge in [0, 0.05) is 19.6 Å². The predicted molar refractivity (Wildman–Crippen MR) is 121 cm³/mol. The van der Waals surface area contributed by atoms with E-state index in [1.165, 1.54) is 11.1 Å². The highest BCUT2D eigenvalue weighted by Crippen LogP contribution is 2.28. The van der Waals surface area contributed by atoms with Crippen molar-refractivity contribution in [3.8, 4) is 0 Å². The van der Waals surface area contributed by atoms with Crippen molar-refractivity contribution in [3.05, 3.63) is 94.3 Å². The number of aromatic nitrogens is 1. The molecule has 0 saturated heterocycles. The van der Waals surface area contributed by atoms with Crippen molar-refractivity contribution < 1.29 is 14.3 Å². The van der Waals surface area contributed by atoms with Crippen molar-refractivity contribution in [2.45, 2.75) is 45.6 Å². The molecule has 2 aliphatic heterocycles. The van der Waals surface area contributed by atoms with Crippen molar-refractivity contribution in [1.29, 1.82) is 0 Å². The summed E-state index contributed by atoms with van der Waals surface area (Å²) < 4.78 is 7.61. The summed E-state index contributed by atoms with van der Waals surface area (Å²) in [5, 5.41) is 3.15. The lowest BCUT2D eigenvalue weighted by molar-refractivity contribution is 0.0686. The van der Waals surface area contributed by atoms with Gasteiger partial charge in [-0.15, -0.1) is 0 Å².